The molecule has 8 heteroatoms. The molecule has 34 heavy (non-hydrogen) atoms. The molecule has 5 rings (SSSR count). The van der Waals surface area contributed by atoms with Crippen LogP contribution in [0.2, 0.25) is 0 Å². The first-order chi connectivity index (χ1) is 16.7. The topological polar surface area (TPSA) is 80.7 Å². The van der Waals surface area contributed by atoms with Gasteiger partial charge in [0.2, 0.25) is 11.1 Å². The highest BCUT2D eigenvalue weighted by Crippen LogP contribution is 2.30. The fraction of sp³-hybridized carbons (Fsp3) is 0.115. The zero-order valence-electron chi connectivity index (χ0n) is 18.4. The summed E-state index contributed by atoms with van der Waals surface area (Å²) in [5.41, 5.74) is 5.52. The zero-order valence-corrected chi connectivity index (χ0v) is 20.1. The average Bonchev–Trinajstić information content (AvgIpc) is 3.26. The van der Waals surface area contributed by atoms with Crippen LogP contribution in [-0.4, -0.2) is 31.8 Å². The Morgan fingerprint density at radius 3 is 2.32 bits per heavy atom. The van der Waals surface area contributed by atoms with Gasteiger partial charge in [0.25, 0.3) is 0 Å². The van der Waals surface area contributed by atoms with Crippen LogP contribution in [0.15, 0.2) is 84.0 Å². The number of carbonyl (C=O) groups excluding carboxylic acids is 1. The highest BCUT2D eigenvalue weighted by molar-refractivity contribution is 7.99. The second kappa shape index (κ2) is 10.1. The molecule has 1 N–H and O–H groups in total. The van der Waals surface area contributed by atoms with Crippen molar-refractivity contribution in [2.45, 2.75) is 18.5 Å². The lowest BCUT2D eigenvalue weighted by Crippen LogP contribution is -2.12. The van der Waals surface area contributed by atoms with Crippen LogP contribution in [0.25, 0.3) is 32.7 Å². The number of thiazole rings is 1. The lowest BCUT2D eigenvalue weighted by Gasteiger charge is -2.09. The number of fused-ring (bicyclic) bond motifs is 1. The fourth-order valence-corrected chi connectivity index (χ4v) is 5.17. The van der Waals surface area contributed by atoms with Gasteiger partial charge in [-0.3, -0.25) is 4.79 Å². The van der Waals surface area contributed by atoms with Crippen molar-refractivity contribution in [1.82, 2.24) is 20.2 Å². The maximum absolute atomic E-state index is 12.5. The predicted molar refractivity (Wildman–Crippen MR) is 139 cm³/mol. The summed E-state index contributed by atoms with van der Waals surface area (Å²) in [6.45, 7) is 2.04. The summed E-state index contributed by atoms with van der Waals surface area (Å²) >= 11 is 2.90. The van der Waals surface area contributed by atoms with Gasteiger partial charge < -0.3 is 5.32 Å². The van der Waals surface area contributed by atoms with Gasteiger partial charge in [0, 0.05) is 23.3 Å². The van der Waals surface area contributed by atoms with Gasteiger partial charge in [0.15, 0.2) is 5.13 Å². The average molecular weight is 484 g/mol. The van der Waals surface area contributed by atoms with E-state index >= 15 is 0 Å². The van der Waals surface area contributed by atoms with Crippen LogP contribution in [0.1, 0.15) is 12.0 Å². The number of aryl methyl sites for hydroxylation is 1. The summed E-state index contributed by atoms with van der Waals surface area (Å²) in [7, 11) is 0. The first-order valence-electron chi connectivity index (χ1n) is 10.8. The summed E-state index contributed by atoms with van der Waals surface area (Å²) in [4.78, 5) is 21.7. The Morgan fingerprint density at radius 2 is 1.59 bits per heavy atom. The number of aromatic nitrogens is 4. The molecule has 0 bridgehead atoms. The van der Waals surface area contributed by atoms with Crippen molar-refractivity contribution in [2.75, 3.05) is 11.1 Å². The molecule has 0 atom stereocenters. The second-order valence-electron chi connectivity index (χ2n) is 7.66. The number of benzene rings is 3. The standard InChI is InChI=1S/C26H21N5OS2/c1-17-12-13-20-21(16-17)34-25(27-20)28-22(32)14-15-33-26-29-23(18-8-4-2-5-9-18)24(30-31-26)19-10-6-3-7-11-19/h2-13,16H,14-15H2,1H3,(H,27,28,32). The number of amides is 1. The van der Waals surface area contributed by atoms with Crippen molar-refractivity contribution >= 4 is 44.4 Å². The maximum Gasteiger partial charge on any atom is 0.226 e. The molecule has 2 heterocycles. The Morgan fingerprint density at radius 1 is 0.882 bits per heavy atom. The van der Waals surface area contributed by atoms with E-state index in [1.54, 1.807) is 0 Å². The van der Waals surface area contributed by atoms with Crippen molar-refractivity contribution in [2.24, 2.45) is 0 Å². The first-order valence-corrected chi connectivity index (χ1v) is 12.6. The van der Waals surface area contributed by atoms with Gasteiger partial charge in [0.05, 0.1) is 10.2 Å². The number of anilines is 1. The molecular weight excluding hydrogens is 462 g/mol. The van der Waals surface area contributed by atoms with E-state index in [1.165, 1.54) is 28.7 Å². The highest BCUT2D eigenvalue weighted by atomic mass is 32.2. The molecule has 168 valence electrons. The van der Waals surface area contributed by atoms with Crippen LogP contribution < -0.4 is 5.32 Å². The van der Waals surface area contributed by atoms with Gasteiger partial charge in [-0.1, -0.05) is 89.8 Å². The maximum atomic E-state index is 12.5. The van der Waals surface area contributed by atoms with E-state index in [0.717, 1.165) is 32.7 Å². The SMILES string of the molecule is Cc1ccc2nc(NC(=O)CCSc3nnc(-c4ccccc4)c(-c4ccccc4)n3)sc2c1. The molecule has 0 aliphatic carbocycles. The van der Waals surface area contributed by atoms with Crippen molar-refractivity contribution in [1.29, 1.82) is 0 Å². The van der Waals surface area contributed by atoms with E-state index in [4.69, 9.17) is 4.98 Å². The molecule has 0 saturated heterocycles. The third kappa shape index (κ3) is 5.13. The zero-order chi connectivity index (χ0) is 23.3. The number of rotatable bonds is 7. The normalized spacial score (nSPS) is 11.0. The number of hydrogen-bond donors (Lipinski definition) is 1. The highest BCUT2D eigenvalue weighted by Gasteiger charge is 2.14. The Labute approximate surface area is 205 Å². The molecule has 1 amide bonds. The van der Waals surface area contributed by atoms with Gasteiger partial charge in [-0.05, 0) is 24.6 Å². The van der Waals surface area contributed by atoms with Crippen molar-refractivity contribution in [3.8, 4) is 22.5 Å². The molecule has 3 aromatic carbocycles. The number of nitrogens with one attached hydrogen (secondary N) is 1. The third-order valence-corrected chi connectivity index (χ3v) is 6.89. The summed E-state index contributed by atoms with van der Waals surface area (Å²) < 4.78 is 1.07. The molecule has 0 fully saturated rings. The van der Waals surface area contributed by atoms with Gasteiger partial charge in [-0.2, -0.15) is 0 Å². The van der Waals surface area contributed by atoms with Crippen LogP contribution in [-0.2, 0) is 4.79 Å². The Balaban J connectivity index is 1.27. The van der Waals surface area contributed by atoms with Crippen LogP contribution in [0, 0.1) is 6.92 Å². The molecule has 6 nitrogen and oxygen atoms in total. The number of nitrogens with zero attached hydrogens (tertiary/aromatic N) is 4. The van der Waals surface area contributed by atoms with Gasteiger partial charge in [-0.15, -0.1) is 10.2 Å². The predicted octanol–water partition coefficient (Wildman–Crippen LogP) is 6.24. The number of thioether (sulfide) groups is 1. The Hall–Kier alpha value is -3.62. The minimum Gasteiger partial charge on any atom is -0.302 e. The van der Waals surface area contributed by atoms with E-state index in [9.17, 15) is 4.79 Å². The van der Waals surface area contributed by atoms with E-state index in [-0.39, 0.29) is 5.91 Å². The van der Waals surface area contributed by atoms with Crippen LogP contribution in [0.3, 0.4) is 0 Å². The largest absolute Gasteiger partial charge is 0.302 e. The Kier molecular flexibility index (Phi) is 6.60. The lowest BCUT2D eigenvalue weighted by atomic mass is 10.0. The Bertz CT molecular complexity index is 1440. The second-order valence-corrected chi connectivity index (χ2v) is 9.75. The summed E-state index contributed by atoms with van der Waals surface area (Å²) in [5.74, 6) is 0.455. The van der Waals surface area contributed by atoms with Gasteiger partial charge >= 0.3 is 0 Å². The molecule has 5 aromatic rings. The minimum absolute atomic E-state index is 0.0829. The lowest BCUT2D eigenvalue weighted by molar-refractivity contribution is -0.115. The van der Waals surface area contributed by atoms with E-state index in [1.807, 2.05) is 79.7 Å². The smallest absolute Gasteiger partial charge is 0.226 e. The quantitative estimate of drug-likeness (QED) is 0.276. The van der Waals surface area contributed by atoms with Crippen LogP contribution in [0.5, 0.6) is 0 Å². The van der Waals surface area contributed by atoms with E-state index < -0.39 is 0 Å². The summed E-state index contributed by atoms with van der Waals surface area (Å²) in [6.07, 6.45) is 0.323. The molecule has 2 aromatic heterocycles. The van der Waals surface area contributed by atoms with Gasteiger partial charge in [0.1, 0.15) is 11.4 Å². The molecular formula is C26H21N5OS2. The molecule has 0 unspecified atom stereocenters. The van der Waals surface area contributed by atoms with Crippen molar-refractivity contribution < 1.29 is 4.79 Å². The van der Waals surface area contributed by atoms with E-state index in [2.05, 4.69) is 26.6 Å². The third-order valence-electron chi connectivity index (χ3n) is 5.11. The summed E-state index contributed by atoms with van der Waals surface area (Å²) in [6, 6.07) is 25.9. The minimum atomic E-state index is -0.0829. The molecule has 0 radical (unpaired) electrons. The summed E-state index contributed by atoms with van der Waals surface area (Å²) in [5, 5.41) is 12.9. The van der Waals surface area contributed by atoms with Crippen molar-refractivity contribution in [3.05, 3.63) is 84.4 Å². The van der Waals surface area contributed by atoms with Gasteiger partial charge in [-0.25, -0.2) is 9.97 Å². The van der Waals surface area contributed by atoms with Crippen LogP contribution in [0.4, 0.5) is 5.13 Å². The molecule has 0 aliphatic heterocycles. The van der Waals surface area contributed by atoms with Crippen molar-refractivity contribution in [3.63, 3.8) is 0 Å². The molecule has 0 aliphatic rings. The molecule has 0 saturated carbocycles. The monoisotopic (exact) mass is 483 g/mol. The number of hydrogen-bond acceptors (Lipinski definition) is 7. The first kappa shape index (κ1) is 22.2. The van der Waals surface area contributed by atoms with Crippen LogP contribution >= 0.6 is 23.1 Å². The number of carbonyl (C=O) groups is 1. The fourth-order valence-electron chi connectivity index (χ4n) is 3.46. The molecule has 0 spiro atoms. The van der Waals surface area contributed by atoms with E-state index in [0.29, 0.717) is 22.5 Å².